The molecule has 6 nitrogen and oxygen atoms in total. The van der Waals surface area contributed by atoms with Crippen LogP contribution in [-0.4, -0.2) is 65.2 Å². The zero-order valence-electron chi connectivity index (χ0n) is 11.9. The van der Waals surface area contributed by atoms with Crippen molar-refractivity contribution >= 4 is 12.0 Å². The lowest BCUT2D eigenvalue weighted by atomic mass is 10.2. The molecule has 0 spiro atoms. The second kappa shape index (κ2) is 8.19. The summed E-state index contributed by atoms with van der Waals surface area (Å²) in [6.07, 6.45) is 2.27. The molecule has 0 radical (unpaired) electrons. The molecule has 1 rings (SSSR count). The van der Waals surface area contributed by atoms with Gasteiger partial charge in [0.15, 0.2) is 11.5 Å². The first kappa shape index (κ1) is 17.9. The first-order valence-corrected chi connectivity index (χ1v) is 6.00. The Morgan fingerprint density at radius 2 is 1.80 bits per heavy atom. The predicted octanol–water partition coefficient (Wildman–Crippen LogP) is 0.880. The molecule has 0 heterocycles. The van der Waals surface area contributed by atoms with Crippen molar-refractivity contribution in [3.63, 3.8) is 0 Å². The van der Waals surface area contributed by atoms with Gasteiger partial charge in [-0.2, -0.15) is 0 Å². The van der Waals surface area contributed by atoms with E-state index in [1.54, 1.807) is 0 Å². The van der Waals surface area contributed by atoms with E-state index in [9.17, 15) is 4.79 Å². The molecule has 20 heavy (non-hydrogen) atoms. The molecule has 0 aliphatic rings. The molecule has 112 valence electrons. The van der Waals surface area contributed by atoms with Crippen LogP contribution >= 0.6 is 0 Å². The number of carboxylic acids is 1. The number of likely N-dealkylation sites (N-methyl/N-ethyl adjacent to an activating group) is 1. The van der Waals surface area contributed by atoms with Gasteiger partial charge in [-0.1, -0.05) is 6.07 Å². The topological polar surface area (TPSA) is 98.0 Å². The fourth-order valence-electron chi connectivity index (χ4n) is 1.11. The molecular weight excluding hydrogens is 262 g/mol. The Balaban J connectivity index is 0.000000441. The Bertz CT molecular complexity index is 463. The zero-order valence-corrected chi connectivity index (χ0v) is 11.9. The van der Waals surface area contributed by atoms with Crippen molar-refractivity contribution in [2.24, 2.45) is 0 Å². The van der Waals surface area contributed by atoms with Gasteiger partial charge in [-0.25, -0.2) is 4.79 Å². The highest BCUT2D eigenvalue weighted by atomic mass is 16.4. The van der Waals surface area contributed by atoms with Crippen LogP contribution in [0.2, 0.25) is 0 Å². The Kier molecular flexibility index (Phi) is 7.35. The number of phenolic OH excluding ortho intramolecular Hbond substituents is 2. The van der Waals surface area contributed by atoms with Crippen LogP contribution in [0.4, 0.5) is 0 Å². The number of phenols is 2. The number of quaternary nitrogens is 1. The molecule has 0 fully saturated rings. The molecule has 0 aliphatic heterocycles. The second-order valence-corrected chi connectivity index (χ2v) is 5.16. The largest absolute Gasteiger partial charge is 0.504 e. The second-order valence-electron chi connectivity index (χ2n) is 5.16. The van der Waals surface area contributed by atoms with Gasteiger partial charge in [-0.05, 0) is 23.8 Å². The van der Waals surface area contributed by atoms with E-state index in [1.165, 1.54) is 24.3 Å². The van der Waals surface area contributed by atoms with E-state index in [4.69, 9.17) is 20.4 Å². The molecule has 0 atom stereocenters. The highest BCUT2D eigenvalue weighted by Gasteiger charge is 2.02. The van der Waals surface area contributed by atoms with Crippen molar-refractivity contribution in [3.8, 4) is 11.5 Å². The summed E-state index contributed by atoms with van der Waals surface area (Å²) in [7, 11) is 6.16. The van der Waals surface area contributed by atoms with Gasteiger partial charge in [0.2, 0.25) is 0 Å². The van der Waals surface area contributed by atoms with Gasteiger partial charge in [0, 0.05) is 6.08 Å². The molecule has 0 saturated carbocycles. The van der Waals surface area contributed by atoms with Crippen molar-refractivity contribution in [1.82, 2.24) is 0 Å². The quantitative estimate of drug-likeness (QED) is 0.374. The lowest BCUT2D eigenvalue weighted by molar-refractivity contribution is -0.870. The fraction of sp³-hybridized carbons (Fsp3) is 0.357. The summed E-state index contributed by atoms with van der Waals surface area (Å²) in [4.78, 5) is 10.1. The van der Waals surface area contributed by atoms with Crippen molar-refractivity contribution in [1.29, 1.82) is 0 Å². The smallest absolute Gasteiger partial charge is 0.328 e. The molecule has 0 bridgehead atoms. The van der Waals surface area contributed by atoms with Crippen molar-refractivity contribution in [3.05, 3.63) is 29.8 Å². The number of aliphatic hydroxyl groups is 1. The Morgan fingerprint density at radius 1 is 1.20 bits per heavy atom. The lowest BCUT2D eigenvalue weighted by Gasteiger charge is -2.21. The summed E-state index contributed by atoms with van der Waals surface area (Å²) >= 11 is 0. The maximum Gasteiger partial charge on any atom is 0.328 e. The van der Waals surface area contributed by atoms with Crippen molar-refractivity contribution in [2.45, 2.75) is 0 Å². The van der Waals surface area contributed by atoms with Crippen LogP contribution in [0, 0.1) is 0 Å². The van der Waals surface area contributed by atoms with Crippen LogP contribution < -0.4 is 0 Å². The van der Waals surface area contributed by atoms with Crippen LogP contribution in [0.3, 0.4) is 0 Å². The average molecular weight is 284 g/mol. The summed E-state index contributed by atoms with van der Waals surface area (Å²) in [6.45, 7) is 1.11. The third-order valence-corrected chi connectivity index (χ3v) is 2.19. The van der Waals surface area contributed by atoms with Gasteiger partial charge in [0.25, 0.3) is 0 Å². The summed E-state index contributed by atoms with van der Waals surface area (Å²) in [5.74, 6) is -1.56. The van der Waals surface area contributed by atoms with Crippen LogP contribution in [0.1, 0.15) is 5.56 Å². The van der Waals surface area contributed by atoms with E-state index in [2.05, 4.69) is 21.1 Å². The fourth-order valence-corrected chi connectivity index (χ4v) is 1.11. The normalized spacial score (nSPS) is 11.0. The lowest BCUT2D eigenvalue weighted by Crippen LogP contribution is -2.36. The van der Waals surface area contributed by atoms with Gasteiger partial charge in [-0.15, -0.1) is 0 Å². The first-order valence-electron chi connectivity index (χ1n) is 6.00. The number of hydrogen-bond donors (Lipinski definition) is 4. The minimum absolute atomic E-state index is 0.229. The van der Waals surface area contributed by atoms with Crippen LogP contribution in [0.15, 0.2) is 24.3 Å². The van der Waals surface area contributed by atoms with Gasteiger partial charge >= 0.3 is 5.97 Å². The number of carbonyl (C=O) groups is 1. The molecule has 0 unspecified atom stereocenters. The average Bonchev–Trinajstić information content (AvgIpc) is 2.30. The van der Waals surface area contributed by atoms with E-state index in [0.29, 0.717) is 5.56 Å². The summed E-state index contributed by atoms with van der Waals surface area (Å²) in [5, 5.41) is 34.7. The van der Waals surface area contributed by atoms with E-state index in [1.807, 2.05) is 0 Å². The molecular formula is C14H22NO5+. The molecule has 0 amide bonds. The highest BCUT2D eigenvalue weighted by Crippen LogP contribution is 2.25. The van der Waals surface area contributed by atoms with Gasteiger partial charge < -0.3 is 24.9 Å². The van der Waals surface area contributed by atoms with Crippen LogP contribution in [0.25, 0.3) is 6.08 Å². The summed E-state index contributed by atoms with van der Waals surface area (Å²) in [5.41, 5.74) is 0.512. The molecule has 0 aliphatic carbocycles. The third-order valence-electron chi connectivity index (χ3n) is 2.19. The summed E-state index contributed by atoms with van der Waals surface area (Å²) < 4.78 is 0.844. The maximum absolute atomic E-state index is 10.1. The Morgan fingerprint density at radius 3 is 2.15 bits per heavy atom. The number of benzene rings is 1. The number of hydrogen-bond acceptors (Lipinski definition) is 4. The molecule has 6 heteroatoms. The number of nitrogens with zero attached hydrogens (tertiary/aromatic N) is 1. The predicted molar refractivity (Wildman–Crippen MR) is 76.4 cm³/mol. The van der Waals surface area contributed by atoms with E-state index in [-0.39, 0.29) is 18.1 Å². The first-order chi connectivity index (χ1) is 9.15. The van der Waals surface area contributed by atoms with Crippen LogP contribution in [0.5, 0.6) is 11.5 Å². The summed E-state index contributed by atoms with van der Waals surface area (Å²) in [6, 6.07) is 4.06. The third kappa shape index (κ3) is 8.96. The molecule has 1 aromatic rings. The number of aromatic hydroxyl groups is 2. The zero-order chi connectivity index (χ0) is 15.8. The van der Waals surface area contributed by atoms with E-state index >= 15 is 0 Å². The number of rotatable bonds is 4. The van der Waals surface area contributed by atoms with E-state index in [0.717, 1.165) is 17.1 Å². The highest BCUT2D eigenvalue weighted by molar-refractivity contribution is 5.85. The molecule has 4 N–H and O–H groups in total. The van der Waals surface area contributed by atoms with E-state index < -0.39 is 5.97 Å². The SMILES string of the molecule is C[N+](C)(C)CCO.O=C(O)C=Cc1ccc(O)c(O)c1. The molecule has 1 aromatic carbocycles. The standard InChI is InChI=1S/C9H8O4.C5H14NO/c10-7-3-1-6(5-8(7)11)2-4-9(12)13;1-6(2,3)4-5-7/h1-5,10-11H,(H,12,13);7H,4-5H2,1-3H3/q;+1. The monoisotopic (exact) mass is 284 g/mol. The number of carboxylic acid groups (broad SMARTS) is 1. The van der Waals surface area contributed by atoms with Crippen molar-refractivity contribution < 1.29 is 29.7 Å². The molecule has 0 saturated heterocycles. The molecule has 0 aromatic heterocycles. The van der Waals surface area contributed by atoms with Gasteiger partial charge in [-0.3, -0.25) is 0 Å². The minimum atomic E-state index is -1.06. The van der Waals surface area contributed by atoms with Crippen LogP contribution in [-0.2, 0) is 4.79 Å². The maximum atomic E-state index is 10.1. The Hall–Kier alpha value is -2.05. The Labute approximate surface area is 118 Å². The van der Waals surface area contributed by atoms with Gasteiger partial charge in [0.05, 0.1) is 27.7 Å². The van der Waals surface area contributed by atoms with Gasteiger partial charge in [0.1, 0.15) is 6.54 Å². The number of aliphatic carboxylic acids is 1. The minimum Gasteiger partial charge on any atom is -0.504 e. The van der Waals surface area contributed by atoms with Crippen molar-refractivity contribution in [2.75, 3.05) is 34.3 Å². The number of aliphatic hydroxyl groups excluding tert-OH is 1.